The van der Waals surface area contributed by atoms with Crippen molar-refractivity contribution in [2.45, 2.75) is 42.9 Å². The Morgan fingerprint density at radius 3 is 3.09 bits per heavy atom. The van der Waals surface area contributed by atoms with Gasteiger partial charge < -0.3 is 0 Å². The number of nitro groups is 1. The average Bonchev–Trinajstić information content (AvgIpc) is 3.01. The first-order valence-corrected chi connectivity index (χ1v) is 9.40. The van der Waals surface area contributed by atoms with Crippen LogP contribution >= 0.6 is 23.4 Å². The summed E-state index contributed by atoms with van der Waals surface area (Å²) in [5, 5.41) is 11.8. The van der Waals surface area contributed by atoms with Crippen LogP contribution in [0.15, 0.2) is 34.8 Å². The van der Waals surface area contributed by atoms with Crippen LogP contribution in [-0.2, 0) is 0 Å². The van der Waals surface area contributed by atoms with Crippen LogP contribution in [0.25, 0.3) is 0 Å². The van der Waals surface area contributed by atoms with E-state index in [0.717, 1.165) is 30.6 Å². The summed E-state index contributed by atoms with van der Waals surface area (Å²) in [5.74, 6) is 1.30. The molecule has 120 valence electrons. The standard InChI is InChI=1S/C17H17ClN2O2S/c18-12-6-5-10(9-15(12)20(21)22)16-11-3-1-2-4-13(11)19-14-7-8-23-17(14)16/h3,5-6,9,13,16-17H,1-2,4,7-8H2. The van der Waals surface area contributed by atoms with Crippen molar-refractivity contribution in [3.05, 3.63) is 50.5 Å². The predicted octanol–water partition coefficient (Wildman–Crippen LogP) is 4.77. The summed E-state index contributed by atoms with van der Waals surface area (Å²) in [6, 6.07) is 5.56. The van der Waals surface area contributed by atoms with Crippen LogP contribution in [-0.4, -0.2) is 27.7 Å². The minimum Gasteiger partial charge on any atom is -0.285 e. The molecule has 6 heteroatoms. The van der Waals surface area contributed by atoms with E-state index in [4.69, 9.17) is 16.6 Å². The first-order chi connectivity index (χ1) is 11.1. The fourth-order valence-corrected chi connectivity index (χ4v) is 5.56. The molecular weight excluding hydrogens is 332 g/mol. The molecule has 4 nitrogen and oxygen atoms in total. The van der Waals surface area contributed by atoms with Crippen LogP contribution in [0.3, 0.4) is 0 Å². The lowest BCUT2D eigenvalue weighted by Gasteiger charge is -2.37. The highest BCUT2D eigenvalue weighted by atomic mass is 35.5. The molecule has 1 saturated heterocycles. The molecule has 0 aromatic heterocycles. The van der Waals surface area contributed by atoms with Crippen molar-refractivity contribution in [1.82, 2.24) is 0 Å². The zero-order valence-corrected chi connectivity index (χ0v) is 14.1. The van der Waals surface area contributed by atoms with Gasteiger partial charge in [0, 0.05) is 17.7 Å². The number of nitro benzene ring substituents is 1. The van der Waals surface area contributed by atoms with Gasteiger partial charge in [-0.05, 0) is 48.6 Å². The Morgan fingerprint density at radius 1 is 1.39 bits per heavy atom. The van der Waals surface area contributed by atoms with Gasteiger partial charge in [-0.15, -0.1) is 0 Å². The van der Waals surface area contributed by atoms with Crippen LogP contribution in [0, 0.1) is 10.1 Å². The van der Waals surface area contributed by atoms with E-state index in [1.165, 1.54) is 17.7 Å². The maximum absolute atomic E-state index is 11.2. The molecule has 23 heavy (non-hydrogen) atoms. The van der Waals surface area contributed by atoms with Gasteiger partial charge in [0.25, 0.3) is 5.69 Å². The van der Waals surface area contributed by atoms with Crippen molar-refractivity contribution in [2.24, 2.45) is 4.99 Å². The van der Waals surface area contributed by atoms with Gasteiger partial charge in [-0.25, -0.2) is 0 Å². The van der Waals surface area contributed by atoms with E-state index in [1.807, 2.05) is 17.8 Å². The molecule has 3 unspecified atom stereocenters. The molecule has 0 N–H and O–H groups in total. The number of hydrogen-bond acceptors (Lipinski definition) is 4. The summed E-state index contributed by atoms with van der Waals surface area (Å²) >= 11 is 7.92. The smallest absolute Gasteiger partial charge is 0.285 e. The number of halogens is 1. The van der Waals surface area contributed by atoms with Gasteiger partial charge >= 0.3 is 0 Å². The largest absolute Gasteiger partial charge is 0.288 e. The van der Waals surface area contributed by atoms with Crippen LogP contribution < -0.4 is 0 Å². The molecule has 0 radical (unpaired) electrons. The molecule has 1 aliphatic carbocycles. The zero-order valence-electron chi connectivity index (χ0n) is 12.6. The molecule has 1 fully saturated rings. The summed E-state index contributed by atoms with van der Waals surface area (Å²) in [6.07, 6.45) is 6.72. The van der Waals surface area contributed by atoms with Gasteiger partial charge in [0.05, 0.1) is 16.2 Å². The minimum atomic E-state index is -0.391. The van der Waals surface area contributed by atoms with Crippen molar-refractivity contribution in [2.75, 3.05) is 5.75 Å². The Hall–Kier alpha value is -1.33. The maximum Gasteiger partial charge on any atom is 0.288 e. The lowest BCUT2D eigenvalue weighted by molar-refractivity contribution is -0.384. The van der Waals surface area contributed by atoms with Crippen molar-refractivity contribution < 1.29 is 4.92 Å². The molecule has 1 aromatic carbocycles. The number of allylic oxidation sites excluding steroid dienone is 1. The van der Waals surface area contributed by atoms with Gasteiger partial charge in [0.15, 0.2) is 0 Å². The molecule has 2 heterocycles. The van der Waals surface area contributed by atoms with Crippen LogP contribution in [0.5, 0.6) is 0 Å². The molecule has 0 saturated carbocycles. The summed E-state index contributed by atoms with van der Waals surface area (Å²) in [4.78, 5) is 15.8. The topological polar surface area (TPSA) is 55.5 Å². The second kappa shape index (κ2) is 5.95. The Bertz CT molecular complexity index is 731. The third-order valence-corrected chi connectivity index (χ3v) is 6.60. The molecule has 3 atom stereocenters. The van der Waals surface area contributed by atoms with Gasteiger partial charge in [-0.3, -0.25) is 15.1 Å². The van der Waals surface area contributed by atoms with Crippen LogP contribution in [0.2, 0.25) is 5.02 Å². The number of rotatable bonds is 2. The number of fused-ring (bicyclic) bond motifs is 2. The van der Waals surface area contributed by atoms with Gasteiger partial charge in [-0.2, -0.15) is 11.8 Å². The lowest BCUT2D eigenvalue weighted by atomic mass is 9.76. The van der Waals surface area contributed by atoms with Crippen molar-refractivity contribution in [1.29, 1.82) is 0 Å². The minimum absolute atomic E-state index is 0.00388. The molecule has 0 spiro atoms. The normalized spacial score (nSPS) is 29.3. The molecule has 2 aliphatic heterocycles. The highest BCUT2D eigenvalue weighted by molar-refractivity contribution is 8.01. The second-order valence-corrected chi connectivity index (χ2v) is 7.91. The average molecular weight is 349 g/mol. The second-order valence-electron chi connectivity index (χ2n) is 6.26. The Kier molecular flexibility index (Phi) is 3.93. The van der Waals surface area contributed by atoms with Crippen LogP contribution in [0.1, 0.15) is 37.2 Å². The summed E-state index contributed by atoms with van der Waals surface area (Å²) in [6.45, 7) is 0. The molecular formula is C17H17ClN2O2S. The van der Waals surface area contributed by atoms with Gasteiger partial charge in [-0.1, -0.05) is 23.7 Å². The number of nitrogens with zero attached hydrogens (tertiary/aromatic N) is 2. The van der Waals surface area contributed by atoms with Gasteiger partial charge in [0.2, 0.25) is 0 Å². The third kappa shape index (κ3) is 2.60. The molecule has 4 rings (SSSR count). The SMILES string of the molecule is O=[N+]([O-])c1cc(C2C3=CCCCC3N=C3CCSC32)ccc1Cl. The number of benzene rings is 1. The third-order valence-electron chi connectivity index (χ3n) is 4.94. The zero-order chi connectivity index (χ0) is 16.0. The number of aliphatic imine (C=N–C) groups is 1. The lowest BCUT2D eigenvalue weighted by Crippen LogP contribution is -2.34. The quantitative estimate of drug-likeness (QED) is 0.439. The van der Waals surface area contributed by atoms with Crippen molar-refractivity contribution in [3.63, 3.8) is 0 Å². The van der Waals surface area contributed by atoms with Crippen LogP contribution in [0.4, 0.5) is 5.69 Å². The first-order valence-electron chi connectivity index (χ1n) is 7.97. The fourth-order valence-electron chi connectivity index (χ4n) is 3.92. The van der Waals surface area contributed by atoms with Crippen molar-refractivity contribution >= 4 is 34.8 Å². The number of thioether (sulfide) groups is 1. The maximum atomic E-state index is 11.2. The highest BCUT2D eigenvalue weighted by Crippen LogP contribution is 2.48. The van der Waals surface area contributed by atoms with E-state index in [0.29, 0.717) is 5.25 Å². The van der Waals surface area contributed by atoms with E-state index < -0.39 is 4.92 Å². The van der Waals surface area contributed by atoms with Crippen molar-refractivity contribution in [3.8, 4) is 0 Å². The molecule has 0 amide bonds. The predicted molar refractivity (Wildman–Crippen MR) is 94.9 cm³/mol. The van der Waals surface area contributed by atoms with Gasteiger partial charge in [0.1, 0.15) is 5.02 Å². The van der Waals surface area contributed by atoms with E-state index in [9.17, 15) is 10.1 Å². The Labute approximate surface area is 144 Å². The molecule has 1 aromatic rings. The monoisotopic (exact) mass is 348 g/mol. The summed E-state index contributed by atoms with van der Waals surface area (Å²) in [7, 11) is 0. The Morgan fingerprint density at radius 2 is 2.26 bits per heavy atom. The fraction of sp³-hybridized carbons (Fsp3) is 0.471. The van der Waals surface area contributed by atoms with E-state index in [1.54, 1.807) is 12.1 Å². The number of hydrogen-bond donors (Lipinski definition) is 0. The summed E-state index contributed by atoms with van der Waals surface area (Å²) < 4.78 is 0. The highest BCUT2D eigenvalue weighted by Gasteiger charge is 2.41. The van der Waals surface area contributed by atoms with E-state index >= 15 is 0 Å². The first kappa shape index (κ1) is 15.2. The molecule has 0 bridgehead atoms. The van der Waals surface area contributed by atoms with E-state index in [2.05, 4.69) is 6.08 Å². The molecule has 3 aliphatic rings. The summed E-state index contributed by atoms with van der Waals surface area (Å²) in [5.41, 5.74) is 3.66. The Balaban J connectivity index is 1.82. The van der Waals surface area contributed by atoms with E-state index in [-0.39, 0.29) is 22.7 Å².